The van der Waals surface area contributed by atoms with E-state index in [9.17, 15) is 5.11 Å². The Kier molecular flexibility index (Phi) is 3.60. The van der Waals surface area contributed by atoms with E-state index in [1.807, 2.05) is 19.1 Å². The van der Waals surface area contributed by atoms with Crippen molar-refractivity contribution in [3.8, 4) is 0 Å². The van der Waals surface area contributed by atoms with Gasteiger partial charge in [-0.1, -0.05) is 47.5 Å². The lowest BCUT2D eigenvalue weighted by Crippen LogP contribution is -2.22. The summed E-state index contributed by atoms with van der Waals surface area (Å²) in [6, 6.07) is 16.9. The van der Waals surface area contributed by atoms with E-state index < -0.39 is 5.60 Å². The highest BCUT2D eigenvalue weighted by atomic mass is 32.1. The highest BCUT2D eigenvalue weighted by Crippen LogP contribution is 2.35. The molecule has 0 spiro atoms. The Morgan fingerprint density at radius 1 is 1.00 bits per heavy atom. The summed E-state index contributed by atoms with van der Waals surface area (Å²) in [6.45, 7) is 6.12. The summed E-state index contributed by atoms with van der Waals surface area (Å²) in [6.07, 6.45) is 0.641. The van der Waals surface area contributed by atoms with Gasteiger partial charge in [0.2, 0.25) is 0 Å². The van der Waals surface area contributed by atoms with Gasteiger partial charge in [0.05, 0.1) is 5.60 Å². The SMILES string of the molecule is Cc1cc(C)cc(CC(C)(O)c2cc3ccccc3s2)c1. The Balaban J connectivity index is 1.95. The molecule has 0 amide bonds. The van der Waals surface area contributed by atoms with Crippen molar-refractivity contribution >= 4 is 21.4 Å². The number of aryl methyl sites for hydroxylation is 2. The molecule has 1 unspecified atom stereocenters. The Bertz CT molecular complexity index is 730. The first-order valence-electron chi connectivity index (χ1n) is 7.23. The zero-order chi connectivity index (χ0) is 15.0. The van der Waals surface area contributed by atoms with Crippen molar-refractivity contribution in [3.05, 3.63) is 70.1 Å². The van der Waals surface area contributed by atoms with E-state index >= 15 is 0 Å². The highest BCUT2D eigenvalue weighted by Gasteiger charge is 2.26. The smallest absolute Gasteiger partial charge is 0.1000 e. The van der Waals surface area contributed by atoms with Crippen LogP contribution in [-0.2, 0) is 12.0 Å². The summed E-state index contributed by atoms with van der Waals surface area (Å²) in [7, 11) is 0. The molecule has 0 aliphatic carbocycles. The Hall–Kier alpha value is -1.64. The number of hydrogen-bond donors (Lipinski definition) is 1. The molecule has 1 atom stereocenters. The molecule has 0 aliphatic rings. The second-order valence-corrected chi connectivity index (χ2v) is 7.18. The van der Waals surface area contributed by atoms with Crippen LogP contribution in [0.5, 0.6) is 0 Å². The Morgan fingerprint density at radius 3 is 2.33 bits per heavy atom. The van der Waals surface area contributed by atoms with Crippen LogP contribution < -0.4 is 0 Å². The first kappa shape index (κ1) is 14.3. The molecular weight excluding hydrogens is 276 g/mol. The molecule has 3 rings (SSSR count). The fourth-order valence-corrected chi connectivity index (χ4v) is 4.01. The van der Waals surface area contributed by atoms with E-state index in [-0.39, 0.29) is 0 Å². The molecule has 21 heavy (non-hydrogen) atoms. The largest absolute Gasteiger partial charge is 0.384 e. The fourth-order valence-electron chi connectivity index (χ4n) is 2.90. The van der Waals surface area contributed by atoms with E-state index in [4.69, 9.17) is 0 Å². The zero-order valence-electron chi connectivity index (χ0n) is 12.7. The van der Waals surface area contributed by atoms with Crippen molar-refractivity contribution in [2.75, 3.05) is 0 Å². The third-order valence-electron chi connectivity index (χ3n) is 3.79. The lowest BCUT2D eigenvalue weighted by atomic mass is 9.93. The first-order chi connectivity index (χ1) is 9.94. The van der Waals surface area contributed by atoms with Crippen LogP contribution in [0.2, 0.25) is 0 Å². The maximum Gasteiger partial charge on any atom is 0.1000 e. The molecule has 0 bridgehead atoms. The molecule has 108 valence electrons. The van der Waals surface area contributed by atoms with E-state index in [2.05, 4.69) is 50.2 Å². The molecule has 2 aromatic carbocycles. The van der Waals surface area contributed by atoms with Gasteiger partial charge in [0, 0.05) is 16.0 Å². The summed E-state index contributed by atoms with van der Waals surface area (Å²) >= 11 is 1.68. The van der Waals surface area contributed by atoms with E-state index in [1.165, 1.54) is 26.8 Å². The Labute approximate surface area is 129 Å². The van der Waals surface area contributed by atoms with Crippen LogP contribution in [0.3, 0.4) is 0 Å². The number of fused-ring (bicyclic) bond motifs is 1. The number of hydrogen-bond acceptors (Lipinski definition) is 2. The average molecular weight is 296 g/mol. The lowest BCUT2D eigenvalue weighted by molar-refractivity contribution is 0.0615. The highest BCUT2D eigenvalue weighted by molar-refractivity contribution is 7.19. The molecular formula is C19H20OS. The van der Waals surface area contributed by atoms with Crippen LogP contribution in [0.15, 0.2) is 48.5 Å². The monoisotopic (exact) mass is 296 g/mol. The minimum atomic E-state index is -0.829. The Morgan fingerprint density at radius 2 is 1.67 bits per heavy atom. The first-order valence-corrected chi connectivity index (χ1v) is 8.04. The van der Waals surface area contributed by atoms with Crippen LogP contribution in [0.4, 0.5) is 0 Å². The van der Waals surface area contributed by atoms with Crippen molar-refractivity contribution < 1.29 is 5.11 Å². The second-order valence-electron chi connectivity index (χ2n) is 6.10. The molecule has 3 aromatic rings. The maximum absolute atomic E-state index is 10.9. The molecule has 0 saturated heterocycles. The van der Waals surface area contributed by atoms with Gasteiger partial charge in [-0.15, -0.1) is 11.3 Å². The lowest BCUT2D eigenvalue weighted by Gasteiger charge is -2.22. The third-order valence-corrected chi connectivity index (χ3v) is 5.16. The molecule has 0 fully saturated rings. The zero-order valence-corrected chi connectivity index (χ0v) is 13.5. The number of thiophene rings is 1. The molecule has 2 heteroatoms. The summed E-state index contributed by atoms with van der Waals surface area (Å²) in [5.41, 5.74) is 2.86. The summed E-state index contributed by atoms with van der Waals surface area (Å²) in [4.78, 5) is 1.03. The summed E-state index contributed by atoms with van der Waals surface area (Å²) in [5, 5.41) is 12.1. The second kappa shape index (κ2) is 5.28. The van der Waals surface area contributed by atoms with E-state index in [0.717, 1.165) is 4.88 Å². The van der Waals surface area contributed by atoms with E-state index in [1.54, 1.807) is 11.3 Å². The molecule has 1 heterocycles. The maximum atomic E-state index is 10.9. The van der Waals surface area contributed by atoms with Crippen molar-refractivity contribution in [1.82, 2.24) is 0 Å². The van der Waals surface area contributed by atoms with Crippen LogP contribution in [0.25, 0.3) is 10.1 Å². The van der Waals surface area contributed by atoms with Gasteiger partial charge in [-0.25, -0.2) is 0 Å². The molecule has 1 aromatic heterocycles. The topological polar surface area (TPSA) is 20.2 Å². The molecule has 1 N–H and O–H groups in total. The summed E-state index contributed by atoms with van der Waals surface area (Å²) < 4.78 is 1.23. The van der Waals surface area contributed by atoms with Crippen LogP contribution in [0, 0.1) is 13.8 Å². The van der Waals surface area contributed by atoms with Crippen LogP contribution >= 0.6 is 11.3 Å². The predicted molar refractivity (Wildman–Crippen MR) is 91.0 cm³/mol. The normalized spacial score (nSPS) is 14.3. The van der Waals surface area contributed by atoms with Crippen molar-refractivity contribution in [1.29, 1.82) is 0 Å². The van der Waals surface area contributed by atoms with Gasteiger partial charge in [-0.2, -0.15) is 0 Å². The van der Waals surface area contributed by atoms with Crippen LogP contribution in [-0.4, -0.2) is 5.11 Å². The van der Waals surface area contributed by atoms with Gasteiger partial charge >= 0.3 is 0 Å². The minimum Gasteiger partial charge on any atom is -0.384 e. The average Bonchev–Trinajstić information content (AvgIpc) is 2.81. The number of rotatable bonds is 3. The predicted octanol–water partition coefficient (Wildman–Crippen LogP) is 4.97. The molecule has 0 radical (unpaired) electrons. The molecule has 0 saturated carbocycles. The van der Waals surface area contributed by atoms with Gasteiger partial charge in [0.15, 0.2) is 0 Å². The van der Waals surface area contributed by atoms with Gasteiger partial charge in [-0.05, 0) is 43.9 Å². The fraction of sp³-hybridized carbons (Fsp3) is 0.263. The minimum absolute atomic E-state index is 0.641. The van der Waals surface area contributed by atoms with Gasteiger partial charge in [-0.3, -0.25) is 0 Å². The van der Waals surface area contributed by atoms with E-state index in [0.29, 0.717) is 6.42 Å². The van der Waals surface area contributed by atoms with Gasteiger partial charge < -0.3 is 5.11 Å². The summed E-state index contributed by atoms with van der Waals surface area (Å²) in [5.74, 6) is 0. The number of aliphatic hydroxyl groups is 1. The number of benzene rings is 2. The van der Waals surface area contributed by atoms with Crippen molar-refractivity contribution in [3.63, 3.8) is 0 Å². The quantitative estimate of drug-likeness (QED) is 0.723. The van der Waals surface area contributed by atoms with Crippen LogP contribution in [0.1, 0.15) is 28.5 Å². The molecule has 0 aliphatic heterocycles. The third kappa shape index (κ3) is 3.02. The van der Waals surface area contributed by atoms with Gasteiger partial charge in [0.25, 0.3) is 0 Å². The van der Waals surface area contributed by atoms with Crippen molar-refractivity contribution in [2.45, 2.75) is 32.8 Å². The van der Waals surface area contributed by atoms with Gasteiger partial charge in [0.1, 0.15) is 0 Å². The standard InChI is InChI=1S/C19H20OS/c1-13-8-14(2)10-15(9-13)12-19(3,20)18-11-16-6-4-5-7-17(16)21-18/h4-11,20H,12H2,1-3H3. The molecule has 1 nitrogen and oxygen atoms in total. The van der Waals surface area contributed by atoms with Crippen molar-refractivity contribution in [2.24, 2.45) is 0 Å².